The molecule has 1 unspecified atom stereocenters. The molecule has 2 aromatic carbocycles. The zero-order valence-corrected chi connectivity index (χ0v) is 17.1. The zero-order valence-electron chi connectivity index (χ0n) is 17.1. The van der Waals surface area contributed by atoms with Crippen LogP contribution in [0.1, 0.15) is 24.7 Å². The number of hydrogen-bond donors (Lipinski definition) is 1. The molecule has 7 nitrogen and oxygen atoms in total. The highest BCUT2D eigenvalue weighted by Crippen LogP contribution is 2.32. The van der Waals surface area contributed by atoms with Crippen LogP contribution in [-0.2, 0) is 27.3 Å². The molecule has 7 heteroatoms. The van der Waals surface area contributed by atoms with Gasteiger partial charge in [0.15, 0.2) is 17.6 Å². The van der Waals surface area contributed by atoms with E-state index in [1.54, 1.807) is 13.0 Å². The molecule has 0 saturated carbocycles. The van der Waals surface area contributed by atoms with Gasteiger partial charge >= 0.3 is 5.97 Å². The second kappa shape index (κ2) is 9.38. The van der Waals surface area contributed by atoms with E-state index >= 15 is 0 Å². The molecule has 4 rings (SSSR count). The number of aryl methyl sites for hydroxylation is 1. The minimum absolute atomic E-state index is 0.127. The molecule has 31 heavy (non-hydrogen) atoms. The van der Waals surface area contributed by atoms with Gasteiger partial charge in [0.05, 0.1) is 6.42 Å². The Morgan fingerprint density at radius 3 is 2.68 bits per heavy atom. The van der Waals surface area contributed by atoms with E-state index in [2.05, 4.69) is 5.32 Å². The van der Waals surface area contributed by atoms with Crippen LogP contribution in [0.25, 0.3) is 11.3 Å². The standard InChI is InChI=1S/C24H23NO6/c1-16(24(27)25-14-17-7-10-21-22(13-17)29-15-28-21)30-23(26)12-9-19-8-11-20(31-19)18-5-3-2-4-6-18/h2-8,10-11,13,16H,9,12,14-15H2,1H3,(H,25,27). The summed E-state index contributed by atoms with van der Waals surface area (Å²) >= 11 is 0. The largest absolute Gasteiger partial charge is 0.461 e. The monoisotopic (exact) mass is 421 g/mol. The third kappa shape index (κ3) is 5.25. The number of amides is 1. The molecule has 0 saturated heterocycles. The summed E-state index contributed by atoms with van der Waals surface area (Å²) in [6.45, 7) is 2.04. The number of benzene rings is 2. The Morgan fingerprint density at radius 2 is 1.84 bits per heavy atom. The average molecular weight is 421 g/mol. The number of furan rings is 1. The van der Waals surface area contributed by atoms with E-state index in [1.807, 2.05) is 54.6 Å². The van der Waals surface area contributed by atoms with E-state index in [9.17, 15) is 9.59 Å². The van der Waals surface area contributed by atoms with Gasteiger partial charge in [-0.3, -0.25) is 9.59 Å². The average Bonchev–Trinajstić information content (AvgIpc) is 3.45. The molecule has 1 aliphatic heterocycles. The van der Waals surface area contributed by atoms with E-state index in [4.69, 9.17) is 18.6 Å². The fourth-order valence-electron chi connectivity index (χ4n) is 3.19. The predicted octanol–water partition coefficient (Wildman–Crippen LogP) is 3.86. The Morgan fingerprint density at radius 1 is 1.03 bits per heavy atom. The highest BCUT2D eigenvalue weighted by molar-refractivity contribution is 5.83. The van der Waals surface area contributed by atoms with Crippen LogP contribution < -0.4 is 14.8 Å². The van der Waals surface area contributed by atoms with Crippen LogP contribution in [0.3, 0.4) is 0 Å². The molecular formula is C24H23NO6. The van der Waals surface area contributed by atoms with Gasteiger partial charge in [0.2, 0.25) is 6.79 Å². The van der Waals surface area contributed by atoms with Gasteiger partial charge in [-0.15, -0.1) is 0 Å². The van der Waals surface area contributed by atoms with Crippen molar-refractivity contribution in [3.63, 3.8) is 0 Å². The first kappa shape index (κ1) is 20.5. The quantitative estimate of drug-likeness (QED) is 0.556. The molecule has 0 aliphatic carbocycles. The van der Waals surface area contributed by atoms with Crippen molar-refractivity contribution >= 4 is 11.9 Å². The van der Waals surface area contributed by atoms with Gasteiger partial charge in [-0.1, -0.05) is 36.4 Å². The molecule has 3 aromatic rings. The van der Waals surface area contributed by atoms with Gasteiger partial charge in [0, 0.05) is 18.5 Å². The van der Waals surface area contributed by atoms with Crippen molar-refractivity contribution in [3.05, 3.63) is 72.0 Å². The molecule has 1 atom stereocenters. The second-order valence-corrected chi connectivity index (χ2v) is 7.17. The highest BCUT2D eigenvalue weighted by atomic mass is 16.7. The van der Waals surface area contributed by atoms with Crippen LogP contribution in [0.4, 0.5) is 0 Å². The first-order chi connectivity index (χ1) is 15.1. The molecule has 160 valence electrons. The maximum Gasteiger partial charge on any atom is 0.307 e. The molecule has 1 N–H and O–H groups in total. The Kier molecular flexibility index (Phi) is 6.21. The summed E-state index contributed by atoms with van der Waals surface area (Å²) in [5, 5.41) is 2.76. The van der Waals surface area contributed by atoms with Crippen LogP contribution in [0.5, 0.6) is 11.5 Å². The SMILES string of the molecule is CC(OC(=O)CCc1ccc(-c2ccccc2)o1)C(=O)NCc1ccc2c(c1)OCO2. The molecule has 0 bridgehead atoms. The highest BCUT2D eigenvalue weighted by Gasteiger charge is 2.19. The van der Waals surface area contributed by atoms with Gasteiger partial charge < -0.3 is 23.9 Å². The second-order valence-electron chi connectivity index (χ2n) is 7.17. The summed E-state index contributed by atoms with van der Waals surface area (Å²) in [6.07, 6.45) is -0.364. The molecule has 0 radical (unpaired) electrons. The minimum atomic E-state index is -0.891. The maximum atomic E-state index is 12.3. The molecule has 1 aromatic heterocycles. The normalized spacial score (nSPS) is 12.9. The van der Waals surface area contributed by atoms with Gasteiger partial charge in [0.1, 0.15) is 11.5 Å². The van der Waals surface area contributed by atoms with E-state index in [0.29, 0.717) is 30.2 Å². The van der Waals surface area contributed by atoms with Crippen LogP contribution in [0, 0.1) is 0 Å². The van der Waals surface area contributed by atoms with E-state index in [-0.39, 0.29) is 19.1 Å². The number of ether oxygens (including phenoxy) is 3. The number of carbonyl (C=O) groups is 2. The predicted molar refractivity (Wildman–Crippen MR) is 112 cm³/mol. The third-order valence-electron chi connectivity index (χ3n) is 4.88. The summed E-state index contributed by atoms with van der Waals surface area (Å²) in [5.41, 5.74) is 1.84. The summed E-state index contributed by atoms with van der Waals surface area (Å²) in [6, 6.07) is 18.9. The van der Waals surface area contributed by atoms with Gasteiger partial charge in [0.25, 0.3) is 5.91 Å². The summed E-state index contributed by atoms with van der Waals surface area (Å²) in [7, 11) is 0. The lowest BCUT2D eigenvalue weighted by atomic mass is 10.2. The first-order valence-corrected chi connectivity index (χ1v) is 10.1. The van der Waals surface area contributed by atoms with Crippen LogP contribution >= 0.6 is 0 Å². The lowest BCUT2D eigenvalue weighted by Gasteiger charge is -2.13. The number of rotatable bonds is 8. The van der Waals surface area contributed by atoms with Crippen molar-refractivity contribution in [2.75, 3.05) is 6.79 Å². The number of esters is 1. The topological polar surface area (TPSA) is 87.0 Å². The summed E-state index contributed by atoms with van der Waals surface area (Å²) < 4.78 is 21.6. The summed E-state index contributed by atoms with van der Waals surface area (Å²) in [5.74, 6) is 1.96. The minimum Gasteiger partial charge on any atom is -0.461 e. The Balaban J connectivity index is 1.21. The smallest absolute Gasteiger partial charge is 0.307 e. The molecule has 2 heterocycles. The fraction of sp³-hybridized carbons (Fsp3) is 0.250. The van der Waals surface area contributed by atoms with Crippen molar-refractivity contribution in [3.8, 4) is 22.8 Å². The van der Waals surface area contributed by atoms with Gasteiger partial charge in [-0.05, 0) is 36.8 Å². The van der Waals surface area contributed by atoms with E-state index < -0.39 is 12.1 Å². The third-order valence-corrected chi connectivity index (χ3v) is 4.88. The van der Waals surface area contributed by atoms with E-state index in [1.165, 1.54) is 0 Å². The first-order valence-electron chi connectivity index (χ1n) is 10.1. The maximum absolute atomic E-state index is 12.3. The molecule has 0 spiro atoms. The summed E-state index contributed by atoms with van der Waals surface area (Å²) in [4.78, 5) is 24.4. The molecule has 1 aliphatic rings. The van der Waals surface area contributed by atoms with Crippen molar-refractivity contribution in [2.24, 2.45) is 0 Å². The number of fused-ring (bicyclic) bond motifs is 1. The molecule has 0 fully saturated rings. The van der Waals surface area contributed by atoms with Gasteiger partial charge in [-0.2, -0.15) is 0 Å². The van der Waals surface area contributed by atoms with Crippen LogP contribution in [-0.4, -0.2) is 24.8 Å². The molecular weight excluding hydrogens is 398 g/mol. The van der Waals surface area contributed by atoms with Crippen molar-refractivity contribution in [1.82, 2.24) is 5.32 Å². The van der Waals surface area contributed by atoms with Crippen molar-refractivity contribution < 1.29 is 28.2 Å². The van der Waals surface area contributed by atoms with Crippen molar-refractivity contribution in [1.29, 1.82) is 0 Å². The van der Waals surface area contributed by atoms with E-state index in [0.717, 1.165) is 16.9 Å². The lowest BCUT2D eigenvalue weighted by Crippen LogP contribution is -2.35. The van der Waals surface area contributed by atoms with Crippen LogP contribution in [0.2, 0.25) is 0 Å². The van der Waals surface area contributed by atoms with Crippen molar-refractivity contribution in [2.45, 2.75) is 32.4 Å². The van der Waals surface area contributed by atoms with Crippen LogP contribution in [0.15, 0.2) is 65.1 Å². The Labute approximate surface area is 179 Å². The lowest BCUT2D eigenvalue weighted by molar-refractivity contribution is -0.154. The Hall–Kier alpha value is -3.74. The number of carbonyl (C=O) groups excluding carboxylic acids is 2. The molecule has 1 amide bonds. The number of nitrogens with one attached hydrogen (secondary N) is 1. The Bertz CT molecular complexity index is 1060. The van der Waals surface area contributed by atoms with Gasteiger partial charge in [-0.25, -0.2) is 0 Å². The zero-order chi connectivity index (χ0) is 21.6. The number of hydrogen-bond acceptors (Lipinski definition) is 6. The fourth-order valence-corrected chi connectivity index (χ4v) is 3.19.